The number of likely N-dealkylation sites (tertiary alicyclic amines) is 3. The van der Waals surface area contributed by atoms with Crippen LogP contribution >= 0.6 is 0 Å². The molecule has 2 N–H and O–H groups in total. The molecule has 3 aliphatic rings. The minimum absolute atomic E-state index is 0.153. The zero-order valence-electron chi connectivity index (χ0n) is 16.2. The van der Waals surface area contributed by atoms with Gasteiger partial charge in [0.1, 0.15) is 0 Å². The van der Waals surface area contributed by atoms with Crippen LogP contribution in [0.15, 0.2) is 0 Å². The van der Waals surface area contributed by atoms with Gasteiger partial charge in [0, 0.05) is 25.9 Å². The van der Waals surface area contributed by atoms with E-state index in [4.69, 9.17) is 0 Å². The molecule has 4 nitrogen and oxygen atoms in total. The summed E-state index contributed by atoms with van der Waals surface area (Å²) in [6.45, 7) is 13.9. The highest BCUT2D eigenvalue weighted by Crippen LogP contribution is 2.21. The zero-order chi connectivity index (χ0) is 17.1. The maximum atomic E-state index is 13.0. The number of amides is 1. The second kappa shape index (κ2) is 8.18. The number of rotatable bonds is 3. The van der Waals surface area contributed by atoms with Crippen molar-refractivity contribution in [1.29, 1.82) is 0 Å². The Morgan fingerprint density at radius 1 is 0.958 bits per heavy atom. The van der Waals surface area contributed by atoms with Gasteiger partial charge >= 0.3 is 0 Å². The first-order valence-electron chi connectivity index (χ1n) is 10.5. The molecule has 0 aromatic rings. The first-order valence-corrected chi connectivity index (χ1v) is 10.5. The zero-order valence-corrected chi connectivity index (χ0v) is 16.2. The van der Waals surface area contributed by atoms with Crippen LogP contribution < -0.4 is 9.80 Å². The molecule has 24 heavy (non-hydrogen) atoms. The minimum Gasteiger partial charge on any atom is -0.337 e. The van der Waals surface area contributed by atoms with Crippen LogP contribution in [0.25, 0.3) is 0 Å². The fourth-order valence-electron chi connectivity index (χ4n) is 5.54. The third kappa shape index (κ3) is 4.32. The predicted molar refractivity (Wildman–Crippen MR) is 97.3 cm³/mol. The molecule has 138 valence electrons. The Kier molecular flexibility index (Phi) is 6.20. The van der Waals surface area contributed by atoms with Crippen molar-refractivity contribution >= 4 is 5.91 Å². The molecule has 3 heterocycles. The van der Waals surface area contributed by atoms with E-state index in [1.54, 1.807) is 4.90 Å². The van der Waals surface area contributed by atoms with Gasteiger partial charge in [0.2, 0.25) is 0 Å². The van der Waals surface area contributed by atoms with Gasteiger partial charge in [-0.15, -0.1) is 0 Å². The average Bonchev–Trinajstić information content (AvgIpc) is 2.60. The summed E-state index contributed by atoms with van der Waals surface area (Å²) in [4.78, 5) is 18.5. The van der Waals surface area contributed by atoms with Crippen LogP contribution in [0.4, 0.5) is 0 Å². The van der Waals surface area contributed by atoms with Crippen molar-refractivity contribution in [1.82, 2.24) is 4.90 Å². The van der Waals surface area contributed by atoms with Crippen molar-refractivity contribution in [2.45, 2.75) is 71.4 Å². The topological polar surface area (TPSA) is 29.2 Å². The normalized spacial score (nSPS) is 37.2. The van der Waals surface area contributed by atoms with E-state index < -0.39 is 0 Å². The van der Waals surface area contributed by atoms with Gasteiger partial charge in [0.05, 0.1) is 32.2 Å². The lowest BCUT2D eigenvalue weighted by atomic mass is 9.91. The van der Waals surface area contributed by atoms with Gasteiger partial charge in [-0.2, -0.15) is 0 Å². The van der Waals surface area contributed by atoms with Gasteiger partial charge < -0.3 is 14.7 Å². The molecule has 0 aromatic carbocycles. The molecule has 0 aromatic heterocycles. The Labute approximate surface area is 148 Å². The number of hydrogen-bond acceptors (Lipinski definition) is 1. The van der Waals surface area contributed by atoms with E-state index in [1.165, 1.54) is 64.7 Å². The molecule has 0 saturated carbocycles. The van der Waals surface area contributed by atoms with Crippen molar-refractivity contribution in [2.24, 2.45) is 11.8 Å². The van der Waals surface area contributed by atoms with E-state index in [2.05, 4.69) is 25.7 Å². The van der Waals surface area contributed by atoms with Crippen LogP contribution in [0.2, 0.25) is 0 Å². The fourth-order valence-corrected chi connectivity index (χ4v) is 5.54. The van der Waals surface area contributed by atoms with Gasteiger partial charge in [-0.3, -0.25) is 4.79 Å². The van der Waals surface area contributed by atoms with E-state index in [1.807, 2.05) is 4.90 Å². The van der Waals surface area contributed by atoms with E-state index in [9.17, 15) is 4.79 Å². The van der Waals surface area contributed by atoms with Crippen LogP contribution in [0.1, 0.15) is 59.3 Å². The lowest BCUT2D eigenvalue weighted by Crippen LogP contribution is -3.22. The average molecular weight is 338 g/mol. The highest BCUT2D eigenvalue weighted by atomic mass is 16.2. The highest BCUT2D eigenvalue weighted by molar-refractivity contribution is 5.80. The number of carbonyl (C=O) groups excluding carboxylic acids is 1. The Balaban J connectivity index is 1.49. The first kappa shape index (κ1) is 18.2. The predicted octanol–water partition coefficient (Wildman–Crippen LogP) is -0.00450. The summed E-state index contributed by atoms with van der Waals surface area (Å²) in [5.41, 5.74) is 0. The smallest absolute Gasteiger partial charge is 0.280 e. The first-order chi connectivity index (χ1) is 11.5. The molecule has 3 fully saturated rings. The maximum absolute atomic E-state index is 13.0. The van der Waals surface area contributed by atoms with Crippen molar-refractivity contribution in [3.05, 3.63) is 0 Å². The van der Waals surface area contributed by atoms with E-state index >= 15 is 0 Å². The molecule has 0 spiro atoms. The largest absolute Gasteiger partial charge is 0.337 e. The number of nitrogens with zero attached hydrogens (tertiary/aromatic N) is 1. The van der Waals surface area contributed by atoms with Crippen LogP contribution in [0, 0.1) is 11.8 Å². The Morgan fingerprint density at radius 2 is 1.54 bits per heavy atom. The fraction of sp³-hybridized carbons (Fsp3) is 0.950. The summed E-state index contributed by atoms with van der Waals surface area (Å²) < 4.78 is 0. The molecule has 0 bridgehead atoms. The van der Waals surface area contributed by atoms with Crippen molar-refractivity contribution in [3.8, 4) is 0 Å². The molecular weight excluding hydrogens is 298 g/mol. The Bertz CT molecular complexity index is 403. The SMILES string of the molecule is C[C@H]1C[C@H](C)CN(C(=O)[C@@H](C)[NH+]2CCC([NH+]3CCCCC3)CC2)C1. The summed E-state index contributed by atoms with van der Waals surface area (Å²) in [5, 5.41) is 0. The second-order valence-corrected chi connectivity index (χ2v) is 9.06. The number of hydrogen-bond donors (Lipinski definition) is 2. The molecule has 0 unspecified atom stereocenters. The number of nitrogens with one attached hydrogen (secondary N) is 2. The van der Waals surface area contributed by atoms with Gasteiger partial charge in [-0.1, -0.05) is 13.8 Å². The third-order valence-corrected chi connectivity index (χ3v) is 6.86. The summed E-state index contributed by atoms with van der Waals surface area (Å²) in [7, 11) is 0. The van der Waals surface area contributed by atoms with Crippen LogP contribution in [-0.4, -0.2) is 62.2 Å². The van der Waals surface area contributed by atoms with Crippen LogP contribution in [0.5, 0.6) is 0 Å². The quantitative estimate of drug-likeness (QED) is 0.746. The second-order valence-electron chi connectivity index (χ2n) is 9.06. The Hall–Kier alpha value is -0.610. The maximum Gasteiger partial charge on any atom is 0.280 e. The van der Waals surface area contributed by atoms with Crippen LogP contribution in [-0.2, 0) is 4.79 Å². The van der Waals surface area contributed by atoms with Gasteiger partial charge in [-0.25, -0.2) is 0 Å². The standard InChI is InChI=1S/C20H37N3O/c1-16-13-17(2)15-23(14-16)20(24)18(3)21-11-7-19(8-12-21)22-9-5-4-6-10-22/h16-19H,4-15H2,1-3H3/p+2/t16-,17-,18+/m0/s1. The monoisotopic (exact) mass is 337 g/mol. The van der Waals surface area contributed by atoms with Crippen LogP contribution in [0.3, 0.4) is 0 Å². The highest BCUT2D eigenvalue weighted by Gasteiger charge is 2.37. The van der Waals surface area contributed by atoms with Gasteiger partial charge in [0.25, 0.3) is 5.91 Å². The number of carbonyl (C=O) groups is 1. The van der Waals surface area contributed by atoms with E-state index in [-0.39, 0.29) is 6.04 Å². The van der Waals surface area contributed by atoms with E-state index in [0.717, 1.165) is 19.1 Å². The van der Waals surface area contributed by atoms with Crippen molar-refractivity contribution < 1.29 is 14.6 Å². The van der Waals surface area contributed by atoms with Gasteiger partial charge in [0.15, 0.2) is 6.04 Å². The summed E-state index contributed by atoms with van der Waals surface area (Å²) in [5.74, 6) is 1.73. The lowest BCUT2D eigenvalue weighted by molar-refractivity contribution is -0.965. The molecule has 3 aliphatic heterocycles. The molecule has 3 atom stereocenters. The molecule has 0 radical (unpaired) electrons. The van der Waals surface area contributed by atoms with Gasteiger partial charge in [-0.05, 0) is 44.4 Å². The summed E-state index contributed by atoms with van der Waals surface area (Å²) in [6, 6.07) is 1.02. The number of quaternary nitrogens is 2. The summed E-state index contributed by atoms with van der Waals surface area (Å²) in [6.07, 6.45) is 8.18. The third-order valence-electron chi connectivity index (χ3n) is 6.86. The van der Waals surface area contributed by atoms with Crippen molar-refractivity contribution in [2.75, 3.05) is 39.3 Å². The molecule has 1 amide bonds. The Morgan fingerprint density at radius 3 is 2.12 bits per heavy atom. The summed E-state index contributed by atoms with van der Waals surface area (Å²) >= 11 is 0. The molecule has 4 heteroatoms. The molecule has 3 saturated heterocycles. The molecular formula is C20H39N3O+2. The molecule has 3 rings (SSSR count). The van der Waals surface area contributed by atoms with Crippen molar-refractivity contribution in [3.63, 3.8) is 0 Å². The minimum atomic E-state index is 0.153. The molecule has 0 aliphatic carbocycles. The van der Waals surface area contributed by atoms with E-state index in [0.29, 0.717) is 17.7 Å². The lowest BCUT2D eigenvalue weighted by Gasteiger charge is -2.40. The number of piperidine rings is 3.